The predicted octanol–water partition coefficient (Wildman–Crippen LogP) is 1.99. The minimum atomic E-state index is 0.277. The summed E-state index contributed by atoms with van der Waals surface area (Å²) in [4.78, 5) is 4.14. The molecule has 0 amide bonds. The second kappa shape index (κ2) is 4.83. The van der Waals surface area contributed by atoms with Crippen molar-refractivity contribution in [3.05, 3.63) is 22.8 Å². The van der Waals surface area contributed by atoms with Crippen molar-refractivity contribution in [2.45, 2.75) is 39.7 Å². The Morgan fingerprint density at radius 2 is 2.12 bits per heavy atom. The monoisotopic (exact) mass is 255 g/mol. The number of rotatable bonds is 4. The molecule has 0 unspecified atom stereocenters. The van der Waals surface area contributed by atoms with E-state index in [1.54, 1.807) is 6.92 Å². The topological polar surface area (TPSA) is 69.6 Å². The highest BCUT2D eigenvalue weighted by atomic mass is 35.5. The third-order valence-electron chi connectivity index (χ3n) is 2.37. The number of aryl methyl sites for hydroxylation is 2. The molecule has 0 spiro atoms. The lowest BCUT2D eigenvalue weighted by Crippen LogP contribution is -2.08. The Morgan fingerprint density at radius 3 is 2.71 bits per heavy atom. The summed E-state index contributed by atoms with van der Waals surface area (Å²) in [6.45, 7) is 6.53. The number of nitrogens with zero attached hydrogens (tertiary/aromatic N) is 5. The van der Waals surface area contributed by atoms with Crippen molar-refractivity contribution in [2.24, 2.45) is 0 Å². The van der Waals surface area contributed by atoms with E-state index in [1.165, 1.54) is 0 Å². The number of hydrogen-bond donors (Lipinski definition) is 0. The summed E-state index contributed by atoms with van der Waals surface area (Å²) >= 11 is 5.98. The molecule has 2 heterocycles. The summed E-state index contributed by atoms with van der Waals surface area (Å²) < 4.78 is 6.91. The normalized spacial score (nSPS) is 11.4. The van der Waals surface area contributed by atoms with Gasteiger partial charge in [-0.15, -0.1) is 10.2 Å². The molecule has 2 aromatic heterocycles. The molecule has 0 saturated heterocycles. The van der Waals surface area contributed by atoms with Crippen LogP contribution in [-0.4, -0.2) is 24.9 Å². The molecule has 6 nitrogen and oxygen atoms in total. The van der Waals surface area contributed by atoms with Gasteiger partial charge < -0.3 is 9.09 Å². The van der Waals surface area contributed by atoms with Gasteiger partial charge in [0.05, 0.1) is 0 Å². The van der Waals surface area contributed by atoms with Crippen molar-refractivity contribution in [1.29, 1.82) is 0 Å². The molecule has 2 rings (SSSR count). The van der Waals surface area contributed by atoms with Gasteiger partial charge in [0.2, 0.25) is 11.2 Å². The van der Waals surface area contributed by atoms with Gasteiger partial charge in [-0.2, -0.15) is 4.98 Å². The third kappa shape index (κ3) is 2.63. The fraction of sp³-hybridized carbons (Fsp3) is 0.600. The Kier molecular flexibility index (Phi) is 3.42. The molecule has 0 saturated carbocycles. The highest BCUT2D eigenvalue weighted by Gasteiger charge is 2.14. The van der Waals surface area contributed by atoms with Gasteiger partial charge >= 0.3 is 0 Å². The zero-order valence-corrected chi connectivity index (χ0v) is 10.8. The molecule has 0 fully saturated rings. The summed E-state index contributed by atoms with van der Waals surface area (Å²) in [6, 6.07) is 0. The van der Waals surface area contributed by atoms with Crippen LogP contribution in [0.1, 0.15) is 37.3 Å². The van der Waals surface area contributed by atoms with E-state index >= 15 is 0 Å². The molecule has 0 aliphatic heterocycles. The molecule has 0 radical (unpaired) electrons. The Balaban J connectivity index is 2.10. The van der Waals surface area contributed by atoms with Crippen LogP contribution in [0.5, 0.6) is 0 Å². The van der Waals surface area contributed by atoms with Crippen molar-refractivity contribution in [2.75, 3.05) is 0 Å². The van der Waals surface area contributed by atoms with E-state index in [1.807, 2.05) is 18.4 Å². The van der Waals surface area contributed by atoms with Crippen molar-refractivity contribution in [3.63, 3.8) is 0 Å². The first-order chi connectivity index (χ1) is 8.08. The van der Waals surface area contributed by atoms with Crippen LogP contribution >= 0.6 is 11.6 Å². The van der Waals surface area contributed by atoms with Crippen LogP contribution in [0.15, 0.2) is 4.52 Å². The summed E-state index contributed by atoms with van der Waals surface area (Å²) in [6.07, 6.45) is 0.623. The minimum Gasteiger partial charge on any atom is -0.339 e. The van der Waals surface area contributed by atoms with Crippen molar-refractivity contribution in [1.82, 2.24) is 24.9 Å². The van der Waals surface area contributed by atoms with Crippen LogP contribution in [0.4, 0.5) is 0 Å². The van der Waals surface area contributed by atoms with Crippen molar-refractivity contribution < 1.29 is 4.52 Å². The van der Waals surface area contributed by atoms with Crippen LogP contribution < -0.4 is 0 Å². The molecular weight excluding hydrogens is 242 g/mol. The lowest BCUT2D eigenvalue weighted by Gasteiger charge is -2.08. The summed E-state index contributed by atoms with van der Waals surface area (Å²) in [7, 11) is 0. The molecule has 7 heteroatoms. The summed E-state index contributed by atoms with van der Waals surface area (Å²) in [5.41, 5.74) is 0. The fourth-order valence-electron chi connectivity index (χ4n) is 1.58. The first-order valence-corrected chi connectivity index (χ1v) is 5.83. The highest BCUT2D eigenvalue weighted by Crippen LogP contribution is 2.17. The van der Waals surface area contributed by atoms with Crippen LogP contribution in [0, 0.1) is 6.92 Å². The number of halogens is 1. The average molecular weight is 256 g/mol. The first-order valence-electron chi connectivity index (χ1n) is 5.45. The van der Waals surface area contributed by atoms with Gasteiger partial charge in [0.1, 0.15) is 5.82 Å². The van der Waals surface area contributed by atoms with E-state index in [-0.39, 0.29) is 5.92 Å². The van der Waals surface area contributed by atoms with Gasteiger partial charge in [0.15, 0.2) is 5.82 Å². The standard InChI is InChI=1S/C10H14ClN5O/c1-6(2)9-13-14-10(11)16(9)5-4-8-12-7(3)15-17-8/h6H,4-5H2,1-3H3. The highest BCUT2D eigenvalue weighted by molar-refractivity contribution is 6.28. The Morgan fingerprint density at radius 1 is 1.35 bits per heavy atom. The molecule has 0 aliphatic carbocycles. The molecular formula is C10H14ClN5O. The zero-order chi connectivity index (χ0) is 12.4. The number of aromatic nitrogens is 5. The van der Waals surface area contributed by atoms with Crippen molar-refractivity contribution in [3.8, 4) is 0 Å². The largest absolute Gasteiger partial charge is 0.339 e. The van der Waals surface area contributed by atoms with Gasteiger partial charge in [-0.25, -0.2) is 0 Å². The van der Waals surface area contributed by atoms with E-state index in [2.05, 4.69) is 20.3 Å². The second-order valence-corrected chi connectivity index (χ2v) is 4.46. The molecule has 0 bridgehead atoms. The lowest BCUT2D eigenvalue weighted by molar-refractivity contribution is 0.367. The molecule has 17 heavy (non-hydrogen) atoms. The molecule has 0 aromatic carbocycles. The minimum absolute atomic E-state index is 0.277. The second-order valence-electron chi connectivity index (χ2n) is 4.12. The van der Waals surface area contributed by atoms with E-state index in [4.69, 9.17) is 16.1 Å². The van der Waals surface area contributed by atoms with Gasteiger partial charge in [-0.05, 0) is 18.5 Å². The zero-order valence-electron chi connectivity index (χ0n) is 10.0. The summed E-state index contributed by atoms with van der Waals surface area (Å²) in [5.74, 6) is 2.38. The van der Waals surface area contributed by atoms with Crippen LogP contribution in [-0.2, 0) is 13.0 Å². The van der Waals surface area contributed by atoms with Gasteiger partial charge in [0.25, 0.3) is 0 Å². The van der Waals surface area contributed by atoms with Gasteiger partial charge in [0, 0.05) is 18.9 Å². The fourth-order valence-corrected chi connectivity index (χ4v) is 1.79. The predicted molar refractivity (Wildman–Crippen MR) is 61.9 cm³/mol. The van der Waals surface area contributed by atoms with Crippen LogP contribution in [0.2, 0.25) is 5.28 Å². The quantitative estimate of drug-likeness (QED) is 0.836. The maximum Gasteiger partial charge on any atom is 0.228 e. The molecule has 0 aliphatic rings. The molecule has 2 aromatic rings. The van der Waals surface area contributed by atoms with E-state index < -0.39 is 0 Å². The van der Waals surface area contributed by atoms with E-state index in [9.17, 15) is 0 Å². The van der Waals surface area contributed by atoms with E-state index in [0.717, 1.165) is 5.82 Å². The maximum absolute atomic E-state index is 5.98. The Bertz CT molecular complexity index is 505. The van der Waals surface area contributed by atoms with Crippen LogP contribution in [0.3, 0.4) is 0 Å². The maximum atomic E-state index is 5.98. The van der Waals surface area contributed by atoms with Gasteiger partial charge in [-0.1, -0.05) is 19.0 Å². The lowest BCUT2D eigenvalue weighted by atomic mass is 10.2. The molecule has 92 valence electrons. The third-order valence-corrected chi connectivity index (χ3v) is 2.65. The number of hydrogen-bond acceptors (Lipinski definition) is 5. The van der Waals surface area contributed by atoms with Crippen molar-refractivity contribution >= 4 is 11.6 Å². The molecule has 0 N–H and O–H groups in total. The first kappa shape index (κ1) is 12.0. The Hall–Kier alpha value is -1.43. The van der Waals surface area contributed by atoms with Crippen LogP contribution in [0.25, 0.3) is 0 Å². The Labute approximate surface area is 104 Å². The smallest absolute Gasteiger partial charge is 0.228 e. The SMILES string of the molecule is Cc1noc(CCn2c(Cl)nnc2C(C)C)n1. The average Bonchev–Trinajstić information content (AvgIpc) is 2.82. The van der Waals surface area contributed by atoms with E-state index in [0.29, 0.717) is 30.0 Å². The van der Waals surface area contributed by atoms with Gasteiger partial charge in [-0.3, -0.25) is 0 Å². The molecule has 0 atom stereocenters. The summed E-state index contributed by atoms with van der Waals surface area (Å²) in [5, 5.41) is 12.0.